The van der Waals surface area contributed by atoms with Gasteiger partial charge in [0.25, 0.3) is 0 Å². The highest BCUT2D eigenvalue weighted by molar-refractivity contribution is 6.29. The lowest BCUT2D eigenvalue weighted by atomic mass is 10.1. The standard InChI is InChI=1S/C12H18ClN3O2/c1-2-17-8-12-15-10(13)7-11(16-12)14-9-3-5-18-6-4-9/h7,9H,2-6,8H2,1H3,(H,14,15,16). The maximum atomic E-state index is 5.98. The summed E-state index contributed by atoms with van der Waals surface area (Å²) in [6.45, 7) is 4.55. The van der Waals surface area contributed by atoms with Gasteiger partial charge in [0.1, 0.15) is 17.6 Å². The van der Waals surface area contributed by atoms with Gasteiger partial charge in [0.2, 0.25) is 0 Å². The molecule has 1 fully saturated rings. The lowest BCUT2D eigenvalue weighted by Gasteiger charge is -2.23. The van der Waals surface area contributed by atoms with Crippen LogP contribution in [0.25, 0.3) is 0 Å². The van der Waals surface area contributed by atoms with Gasteiger partial charge in [-0.05, 0) is 19.8 Å². The fraction of sp³-hybridized carbons (Fsp3) is 0.667. The molecule has 0 unspecified atom stereocenters. The van der Waals surface area contributed by atoms with Gasteiger partial charge in [-0.3, -0.25) is 0 Å². The smallest absolute Gasteiger partial charge is 0.158 e. The van der Waals surface area contributed by atoms with Crippen molar-refractivity contribution in [3.05, 3.63) is 17.0 Å². The number of aromatic nitrogens is 2. The van der Waals surface area contributed by atoms with Gasteiger partial charge >= 0.3 is 0 Å². The first-order valence-electron chi connectivity index (χ1n) is 6.23. The topological polar surface area (TPSA) is 56.3 Å². The number of hydrogen-bond acceptors (Lipinski definition) is 5. The molecule has 100 valence electrons. The van der Waals surface area contributed by atoms with Crippen molar-refractivity contribution in [3.8, 4) is 0 Å². The first-order valence-corrected chi connectivity index (χ1v) is 6.61. The van der Waals surface area contributed by atoms with Crippen molar-refractivity contribution in [2.75, 3.05) is 25.1 Å². The van der Waals surface area contributed by atoms with Gasteiger partial charge in [-0.15, -0.1) is 0 Å². The Balaban J connectivity index is 1.99. The predicted molar refractivity (Wildman–Crippen MR) is 69.8 cm³/mol. The second-order valence-corrected chi connectivity index (χ2v) is 4.55. The number of halogens is 1. The molecule has 1 aromatic heterocycles. The van der Waals surface area contributed by atoms with E-state index in [4.69, 9.17) is 21.1 Å². The lowest BCUT2D eigenvalue weighted by molar-refractivity contribution is 0.0903. The molecular formula is C12H18ClN3O2. The van der Waals surface area contributed by atoms with Gasteiger partial charge < -0.3 is 14.8 Å². The van der Waals surface area contributed by atoms with Gasteiger partial charge in [-0.1, -0.05) is 11.6 Å². The van der Waals surface area contributed by atoms with E-state index in [1.807, 2.05) is 6.92 Å². The number of anilines is 1. The number of nitrogens with one attached hydrogen (secondary N) is 1. The van der Waals surface area contributed by atoms with Crippen molar-refractivity contribution in [1.29, 1.82) is 0 Å². The molecule has 0 bridgehead atoms. The summed E-state index contributed by atoms with van der Waals surface area (Å²) in [5.74, 6) is 1.37. The zero-order chi connectivity index (χ0) is 12.8. The van der Waals surface area contributed by atoms with Crippen LogP contribution in [0.5, 0.6) is 0 Å². The molecule has 2 heterocycles. The first kappa shape index (κ1) is 13.5. The maximum Gasteiger partial charge on any atom is 0.158 e. The van der Waals surface area contributed by atoms with Crippen LogP contribution in [0.2, 0.25) is 5.15 Å². The van der Waals surface area contributed by atoms with Crippen LogP contribution in [0.4, 0.5) is 5.82 Å². The molecule has 0 radical (unpaired) electrons. The summed E-state index contributed by atoms with van der Waals surface area (Å²) in [4.78, 5) is 8.52. The largest absolute Gasteiger partial charge is 0.381 e. The van der Waals surface area contributed by atoms with Crippen LogP contribution in [0.15, 0.2) is 6.07 Å². The molecule has 0 atom stereocenters. The van der Waals surface area contributed by atoms with Crippen LogP contribution in [-0.2, 0) is 16.1 Å². The Kier molecular flexibility index (Phi) is 5.16. The SMILES string of the molecule is CCOCc1nc(Cl)cc(NC2CCOCC2)n1. The van der Waals surface area contributed by atoms with E-state index in [-0.39, 0.29) is 0 Å². The lowest BCUT2D eigenvalue weighted by Crippen LogP contribution is -2.28. The van der Waals surface area contributed by atoms with E-state index in [0.717, 1.165) is 31.9 Å². The monoisotopic (exact) mass is 271 g/mol. The second kappa shape index (κ2) is 6.87. The van der Waals surface area contributed by atoms with E-state index >= 15 is 0 Å². The van der Waals surface area contributed by atoms with Crippen molar-refractivity contribution in [3.63, 3.8) is 0 Å². The Bertz CT molecular complexity index is 384. The van der Waals surface area contributed by atoms with Gasteiger partial charge in [-0.25, -0.2) is 9.97 Å². The minimum atomic E-state index is 0.388. The number of ether oxygens (including phenoxy) is 2. The molecule has 5 nitrogen and oxygen atoms in total. The van der Waals surface area contributed by atoms with Crippen LogP contribution in [0.3, 0.4) is 0 Å². The third kappa shape index (κ3) is 4.08. The third-order valence-corrected chi connectivity index (χ3v) is 2.94. The van der Waals surface area contributed by atoms with Crippen LogP contribution in [-0.4, -0.2) is 35.8 Å². The third-order valence-electron chi connectivity index (χ3n) is 2.75. The number of nitrogens with zero attached hydrogens (tertiary/aromatic N) is 2. The van der Waals surface area contributed by atoms with Gasteiger partial charge in [-0.2, -0.15) is 0 Å². The highest BCUT2D eigenvalue weighted by Gasteiger charge is 2.14. The highest BCUT2D eigenvalue weighted by Crippen LogP contribution is 2.16. The first-order chi connectivity index (χ1) is 8.78. The van der Waals surface area contributed by atoms with E-state index in [2.05, 4.69) is 15.3 Å². The minimum absolute atomic E-state index is 0.388. The minimum Gasteiger partial charge on any atom is -0.381 e. The molecule has 2 rings (SSSR count). The molecule has 1 aliphatic rings. The fourth-order valence-corrected chi connectivity index (χ4v) is 2.05. The summed E-state index contributed by atoms with van der Waals surface area (Å²) in [5, 5.41) is 3.81. The van der Waals surface area contributed by atoms with Gasteiger partial charge in [0.15, 0.2) is 5.82 Å². The average molecular weight is 272 g/mol. The zero-order valence-corrected chi connectivity index (χ0v) is 11.2. The van der Waals surface area contributed by atoms with Gasteiger partial charge in [0.05, 0.1) is 0 Å². The van der Waals surface area contributed by atoms with E-state index in [9.17, 15) is 0 Å². The molecule has 1 aliphatic heterocycles. The van der Waals surface area contributed by atoms with Crippen molar-refractivity contribution < 1.29 is 9.47 Å². The summed E-state index contributed by atoms with van der Waals surface area (Å²) in [6.07, 6.45) is 1.98. The van der Waals surface area contributed by atoms with E-state index in [1.165, 1.54) is 0 Å². The number of rotatable bonds is 5. The Labute approximate surface area is 112 Å². The molecule has 0 aromatic carbocycles. The number of hydrogen-bond donors (Lipinski definition) is 1. The highest BCUT2D eigenvalue weighted by atomic mass is 35.5. The molecule has 18 heavy (non-hydrogen) atoms. The summed E-state index contributed by atoms with van der Waals surface area (Å²) in [6, 6.07) is 2.14. The quantitative estimate of drug-likeness (QED) is 0.833. The maximum absolute atomic E-state index is 5.98. The molecule has 0 spiro atoms. The van der Waals surface area contributed by atoms with E-state index < -0.39 is 0 Å². The van der Waals surface area contributed by atoms with Crippen LogP contribution >= 0.6 is 11.6 Å². The molecule has 1 N–H and O–H groups in total. The average Bonchev–Trinajstić information content (AvgIpc) is 2.37. The van der Waals surface area contributed by atoms with Crippen LogP contribution < -0.4 is 5.32 Å². The molecule has 0 amide bonds. The molecular weight excluding hydrogens is 254 g/mol. The predicted octanol–water partition coefficient (Wildman–Crippen LogP) is 2.26. The fourth-order valence-electron chi connectivity index (χ4n) is 1.85. The van der Waals surface area contributed by atoms with Crippen molar-refractivity contribution in [2.24, 2.45) is 0 Å². The Morgan fingerprint density at radius 3 is 2.94 bits per heavy atom. The molecule has 1 aromatic rings. The Morgan fingerprint density at radius 2 is 2.22 bits per heavy atom. The summed E-state index contributed by atoms with van der Waals surface area (Å²) < 4.78 is 10.6. The summed E-state index contributed by atoms with van der Waals surface area (Å²) >= 11 is 5.98. The van der Waals surface area contributed by atoms with Crippen LogP contribution in [0, 0.1) is 0 Å². The van der Waals surface area contributed by atoms with Crippen molar-refractivity contribution in [1.82, 2.24) is 9.97 Å². The molecule has 0 aliphatic carbocycles. The van der Waals surface area contributed by atoms with Crippen LogP contribution in [0.1, 0.15) is 25.6 Å². The second-order valence-electron chi connectivity index (χ2n) is 4.16. The van der Waals surface area contributed by atoms with Gasteiger partial charge in [0, 0.05) is 31.9 Å². The summed E-state index contributed by atoms with van der Waals surface area (Å²) in [5.41, 5.74) is 0. The van der Waals surface area contributed by atoms with Crippen molar-refractivity contribution in [2.45, 2.75) is 32.4 Å². The Morgan fingerprint density at radius 1 is 1.44 bits per heavy atom. The molecule has 6 heteroatoms. The molecule has 0 saturated carbocycles. The molecule has 1 saturated heterocycles. The van der Waals surface area contributed by atoms with E-state index in [0.29, 0.717) is 30.2 Å². The zero-order valence-electron chi connectivity index (χ0n) is 10.5. The normalized spacial score (nSPS) is 16.8. The van der Waals surface area contributed by atoms with Crippen molar-refractivity contribution >= 4 is 17.4 Å². The Hall–Kier alpha value is -0.910. The summed E-state index contributed by atoms with van der Waals surface area (Å²) in [7, 11) is 0. The van der Waals surface area contributed by atoms with E-state index in [1.54, 1.807) is 6.07 Å².